The number of rotatable bonds is 2. The molecular weight excluding hydrogens is 154 g/mol. The first-order valence-electron chi connectivity index (χ1n) is 4.10. The Balaban J connectivity index is 1.99. The highest BCUT2D eigenvalue weighted by molar-refractivity contribution is 7.10. The van der Waals surface area contributed by atoms with Crippen LogP contribution in [0.5, 0.6) is 0 Å². The highest BCUT2D eigenvalue weighted by atomic mass is 32.1. The van der Waals surface area contributed by atoms with E-state index in [4.69, 9.17) is 0 Å². The van der Waals surface area contributed by atoms with Gasteiger partial charge in [-0.3, -0.25) is 0 Å². The minimum atomic E-state index is 0.906. The van der Waals surface area contributed by atoms with Crippen LogP contribution in [0.1, 0.15) is 10.4 Å². The van der Waals surface area contributed by atoms with Gasteiger partial charge in [0.25, 0.3) is 0 Å². The molecule has 1 aromatic heterocycles. The SMILES string of the molecule is Cc1sccc1CC1CNC1. The Morgan fingerprint density at radius 3 is 2.91 bits per heavy atom. The van der Waals surface area contributed by atoms with Crippen molar-refractivity contribution in [3.05, 3.63) is 21.9 Å². The molecule has 1 nitrogen and oxygen atoms in total. The van der Waals surface area contributed by atoms with E-state index in [0.29, 0.717) is 0 Å². The maximum atomic E-state index is 3.30. The fourth-order valence-electron chi connectivity index (χ4n) is 1.43. The summed E-state index contributed by atoms with van der Waals surface area (Å²) in [4.78, 5) is 1.50. The molecule has 2 heteroatoms. The lowest BCUT2D eigenvalue weighted by atomic mass is 9.95. The molecule has 0 aliphatic carbocycles. The van der Waals surface area contributed by atoms with Crippen molar-refractivity contribution in [1.29, 1.82) is 0 Å². The van der Waals surface area contributed by atoms with Gasteiger partial charge in [-0.1, -0.05) is 0 Å². The number of thiophene rings is 1. The first kappa shape index (κ1) is 7.32. The van der Waals surface area contributed by atoms with Crippen molar-refractivity contribution in [3.63, 3.8) is 0 Å². The van der Waals surface area contributed by atoms with Gasteiger partial charge in [-0.2, -0.15) is 0 Å². The normalized spacial score (nSPS) is 18.3. The van der Waals surface area contributed by atoms with Gasteiger partial charge in [-0.15, -0.1) is 11.3 Å². The molecule has 2 rings (SSSR count). The lowest BCUT2D eigenvalue weighted by Crippen LogP contribution is -2.43. The number of aryl methyl sites for hydroxylation is 1. The average Bonchev–Trinajstić information content (AvgIpc) is 2.27. The Labute approximate surface area is 71.4 Å². The topological polar surface area (TPSA) is 12.0 Å². The highest BCUT2D eigenvalue weighted by Crippen LogP contribution is 2.20. The van der Waals surface area contributed by atoms with Crippen LogP contribution in [0.2, 0.25) is 0 Å². The third kappa shape index (κ3) is 1.47. The molecule has 0 amide bonds. The summed E-state index contributed by atoms with van der Waals surface area (Å²) in [6.45, 7) is 4.65. The summed E-state index contributed by atoms with van der Waals surface area (Å²) in [5, 5.41) is 5.49. The number of hydrogen-bond acceptors (Lipinski definition) is 2. The highest BCUT2D eigenvalue weighted by Gasteiger charge is 2.17. The van der Waals surface area contributed by atoms with Crippen LogP contribution in [0, 0.1) is 12.8 Å². The Morgan fingerprint density at radius 2 is 2.45 bits per heavy atom. The molecule has 11 heavy (non-hydrogen) atoms. The molecule has 0 aromatic carbocycles. The van der Waals surface area contributed by atoms with E-state index >= 15 is 0 Å². The zero-order valence-corrected chi connectivity index (χ0v) is 7.58. The van der Waals surface area contributed by atoms with Gasteiger partial charge in [0.15, 0.2) is 0 Å². The van der Waals surface area contributed by atoms with Crippen molar-refractivity contribution in [2.45, 2.75) is 13.3 Å². The maximum absolute atomic E-state index is 3.30. The quantitative estimate of drug-likeness (QED) is 0.708. The van der Waals surface area contributed by atoms with E-state index in [9.17, 15) is 0 Å². The van der Waals surface area contributed by atoms with Crippen LogP contribution >= 0.6 is 11.3 Å². The molecule has 0 atom stereocenters. The van der Waals surface area contributed by atoms with E-state index in [1.165, 1.54) is 24.4 Å². The minimum absolute atomic E-state index is 0.906. The minimum Gasteiger partial charge on any atom is -0.316 e. The molecule has 1 aliphatic rings. The van der Waals surface area contributed by atoms with Gasteiger partial charge in [0.1, 0.15) is 0 Å². The van der Waals surface area contributed by atoms with Gasteiger partial charge >= 0.3 is 0 Å². The summed E-state index contributed by atoms with van der Waals surface area (Å²) < 4.78 is 0. The van der Waals surface area contributed by atoms with E-state index < -0.39 is 0 Å². The smallest absolute Gasteiger partial charge is 0.00463 e. The van der Waals surface area contributed by atoms with Crippen LogP contribution in [0.15, 0.2) is 11.4 Å². The van der Waals surface area contributed by atoms with Gasteiger partial charge < -0.3 is 5.32 Å². The Bertz CT molecular complexity index is 237. The van der Waals surface area contributed by atoms with Crippen molar-refractivity contribution >= 4 is 11.3 Å². The third-order valence-electron chi connectivity index (χ3n) is 2.34. The van der Waals surface area contributed by atoms with Crippen LogP contribution in [-0.2, 0) is 6.42 Å². The van der Waals surface area contributed by atoms with Crippen molar-refractivity contribution in [3.8, 4) is 0 Å². The second-order valence-corrected chi connectivity index (χ2v) is 4.35. The van der Waals surface area contributed by atoms with Crippen LogP contribution < -0.4 is 5.32 Å². The van der Waals surface area contributed by atoms with Crippen molar-refractivity contribution in [2.24, 2.45) is 5.92 Å². The van der Waals surface area contributed by atoms with Gasteiger partial charge in [0.2, 0.25) is 0 Å². The Kier molecular flexibility index (Phi) is 1.96. The molecule has 1 N–H and O–H groups in total. The van der Waals surface area contributed by atoms with Crippen LogP contribution in [-0.4, -0.2) is 13.1 Å². The summed E-state index contributed by atoms with van der Waals surface area (Å²) >= 11 is 1.86. The molecule has 1 aliphatic heterocycles. The van der Waals surface area contributed by atoms with Crippen molar-refractivity contribution < 1.29 is 0 Å². The molecule has 0 saturated carbocycles. The van der Waals surface area contributed by atoms with E-state index in [1.54, 1.807) is 5.56 Å². The molecule has 60 valence electrons. The van der Waals surface area contributed by atoms with Gasteiger partial charge in [0.05, 0.1) is 0 Å². The zero-order chi connectivity index (χ0) is 7.68. The number of hydrogen-bond donors (Lipinski definition) is 1. The van der Waals surface area contributed by atoms with Gasteiger partial charge in [-0.05, 0) is 49.4 Å². The fourth-order valence-corrected chi connectivity index (χ4v) is 2.17. The lowest BCUT2D eigenvalue weighted by molar-refractivity contribution is 0.346. The zero-order valence-electron chi connectivity index (χ0n) is 6.76. The average molecular weight is 167 g/mol. The summed E-state index contributed by atoms with van der Waals surface area (Å²) in [5.74, 6) is 0.906. The summed E-state index contributed by atoms with van der Waals surface area (Å²) in [6, 6.07) is 2.26. The monoisotopic (exact) mass is 167 g/mol. The van der Waals surface area contributed by atoms with Crippen LogP contribution in [0.4, 0.5) is 0 Å². The standard InChI is InChI=1S/C9H13NS/c1-7-9(2-3-11-7)4-8-5-10-6-8/h2-3,8,10H,4-6H2,1H3. The number of nitrogens with one attached hydrogen (secondary N) is 1. The Morgan fingerprint density at radius 1 is 1.64 bits per heavy atom. The predicted octanol–water partition coefficient (Wildman–Crippen LogP) is 1.82. The van der Waals surface area contributed by atoms with Crippen molar-refractivity contribution in [2.75, 3.05) is 13.1 Å². The summed E-state index contributed by atoms with van der Waals surface area (Å²) in [5.41, 5.74) is 1.56. The maximum Gasteiger partial charge on any atom is 0.00463 e. The molecule has 2 heterocycles. The molecule has 0 unspecified atom stereocenters. The molecule has 0 radical (unpaired) electrons. The summed E-state index contributed by atoms with van der Waals surface area (Å²) in [7, 11) is 0. The van der Waals surface area contributed by atoms with Gasteiger partial charge in [-0.25, -0.2) is 0 Å². The molecule has 1 saturated heterocycles. The van der Waals surface area contributed by atoms with E-state index in [-0.39, 0.29) is 0 Å². The molecular formula is C9H13NS. The Hall–Kier alpha value is -0.340. The van der Waals surface area contributed by atoms with E-state index in [1.807, 2.05) is 11.3 Å². The molecule has 0 bridgehead atoms. The first-order valence-corrected chi connectivity index (χ1v) is 4.98. The predicted molar refractivity (Wildman–Crippen MR) is 49.1 cm³/mol. The van der Waals surface area contributed by atoms with Crippen LogP contribution in [0.25, 0.3) is 0 Å². The third-order valence-corrected chi connectivity index (χ3v) is 3.23. The van der Waals surface area contributed by atoms with Crippen molar-refractivity contribution in [1.82, 2.24) is 5.32 Å². The van der Waals surface area contributed by atoms with Gasteiger partial charge in [0, 0.05) is 4.88 Å². The fraction of sp³-hybridized carbons (Fsp3) is 0.556. The first-order chi connectivity index (χ1) is 5.36. The summed E-state index contributed by atoms with van der Waals surface area (Å²) in [6.07, 6.45) is 1.28. The van der Waals surface area contributed by atoms with E-state index in [0.717, 1.165) is 5.92 Å². The molecule has 1 fully saturated rings. The largest absolute Gasteiger partial charge is 0.316 e. The second kappa shape index (κ2) is 2.95. The second-order valence-electron chi connectivity index (χ2n) is 3.23. The lowest BCUT2D eigenvalue weighted by Gasteiger charge is -2.26. The van der Waals surface area contributed by atoms with Crippen LogP contribution in [0.3, 0.4) is 0 Å². The van der Waals surface area contributed by atoms with E-state index in [2.05, 4.69) is 23.7 Å². The molecule has 1 aromatic rings. The molecule has 0 spiro atoms.